The second-order valence-electron chi connectivity index (χ2n) is 8.61. The molecule has 3 aromatic carbocycles. The maximum Gasteiger partial charge on any atom is 0.435 e. The Bertz CT molecular complexity index is 1560. The number of carbonyl (C=O) groups is 2. The van der Waals surface area contributed by atoms with Crippen molar-refractivity contribution >= 4 is 34.8 Å². The van der Waals surface area contributed by atoms with Crippen molar-refractivity contribution in [3.8, 4) is 5.75 Å². The second kappa shape index (κ2) is 12.5. The van der Waals surface area contributed by atoms with Gasteiger partial charge in [0, 0.05) is 12.1 Å². The lowest BCUT2D eigenvalue weighted by atomic mass is 9.93. The first kappa shape index (κ1) is 34.3. The van der Waals surface area contributed by atoms with Gasteiger partial charge in [-0.1, -0.05) is 23.7 Å². The standard InChI is InChI=1S/C26H15ClF12N2O3/c1-2-41(22(43)13-6-3-7-15(28)18(13)29)16-8-4-5-12(19(16)30)21(42)40-20-14(27)9-11(10-17(20)44-23(31)32)24(33,25(34,35)36)26(37,38)39/h3-10,23H,2H2,1H3,(H,40,42). The minimum Gasteiger partial charge on any atom is -0.433 e. The summed E-state index contributed by atoms with van der Waals surface area (Å²) in [5.41, 5.74) is -12.2. The average Bonchev–Trinajstić information content (AvgIpc) is 2.91. The number of nitrogens with zero attached hydrogens (tertiary/aromatic N) is 1. The monoisotopic (exact) mass is 666 g/mol. The Balaban J connectivity index is 2.09. The number of amides is 2. The van der Waals surface area contributed by atoms with Crippen molar-refractivity contribution in [2.75, 3.05) is 16.8 Å². The van der Waals surface area contributed by atoms with Crippen molar-refractivity contribution in [1.82, 2.24) is 0 Å². The summed E-state index contributed by atoms with van der Waals surface area (Å²) in [5, 5.41) is 0.336. The van der Waals surface area contributed by atoms with Gasteiger partial charge in [-0.15, -0.1) is 0 Å². The molecule has 0 atom stereocenters. The molecule has 3 rings (SSSR count). The highest BCUT2D eigenvalue weighted by molar-refractivity contribution is 6.34. The SMILES string of the molecule is CCN(C(=O)c1cccc(F)c1F)c1cccc(C(=O)Nc2c(Cl)cc(C(F)(C(F)(F)F)C(F)(F)F)cc2OC(F)F)c1F. The van der Waals surface area contributed by atoms with Gasteiger partial charge in [0.1, 0.15) is 5.69 Å². The number of rotatable bonds is 8. The first-order valence-electron chi connectivity index (χ1n) is 11.7. The molecule has 2 amide bonds. The molecule has 5 nitrogen and oxygen atoms in total. The van der Waals surface area contributed by atoms with Crippen LogP contribution in [0, 0.1) is 17.5 Å². The third kappa shape index (κ3) is 6.37. The fourth-order valence-electron chi connectivity index (χ4n) is 3.90. The van der Waals surface area contributed by atoms with Crippen LogP contribution in [0.4, 0.5) is 64.1 Å². The highest BCUT2D eigenvalue weighted by Crippen LogP contribution is 2.55. The Hall–Kier alpha value is -4.15. The number of ether oxygens (including phenoxy) is 1. The minimum absolute atomic E-state index is 0.256. The molecule has 1 N–H and O–H groups in total. The molecular formula is C26H15ClF12N2O3. The lowest BCUT2D eigenvalue weighted by Gasteiger charge is -2.31. The van der Waals surface area contributed by atoms with Crippen LogP contribution in [0.2, 0.25) is 5.02 Å². The summed E-state index contributed by atoms with van der Waals surface area (Å²) >= 11 is 5.68. The van der Waals surface area contributed by atoms with Gasteiger partial charge in [0.25, 0.3) is 11.8 Å². The van der Waals surface area contributed by atoms with Gasteiger partial charge in [0.15, 0.2) is 23.2 Å². The van der Waals surface area contributed by atoms with Gasteiger partial charge in [-0.3, -0.25) is 9.59 Å². The number of hydrogen-bond acceptors (Lipinski definition) is 3. The molecule has 0 heterocycles. The highest BCUT2D eigenvalue weighted by atomic mass is 35.5. The largest absolute Gasteiger partial charge is 0.435 e. The number of benzene rings is 3. The van der Waals surface area contributed by atoms with Crippen LogP contribution in [0.15, 0.2) is 48.5 Å². The third-order valence-electron chi connectivity index (χ3n) is 5.94. The van der Waals surface area contributed by atoms with Crippen molar-refractivity contribution in [3.05, 3.63) is 87.7 Å². The Morgan fingerprint density at radius 3 is 2.00 bits per heavy atom. The van der Waals surface area contributed by atoms with Crippen LogP contribution in [0.25, 0.3) is 0 Å². The molecule has 0 saturated carbocycles. The van der Waals surface area contributed by atoms with Crippen molar-refractivity contribution in [2.45, 2.75) is 31.6 Å². The third-order valence-corrected chi connectivity index (χ3v) is 6.24. The molecule has 0 bridgehead atoms. The number of anilines is 2. The van der Waals surface area contributed by atoms with Crippen molar-refractivity contribution in [1.29, 1.82) is 0 Å². The van der Waals surface area contributed by atoms with E-state index in [0.717, 1.165) is 30.3 Å². The first-order chi connectivity index (χ1) is 20.3. The minimum atomic E-state index is -6.66. The van der Waals surface area contributed by atoms with Gasteiger partial charge < -0.3 is 15.0 Å². The molecule has 0 aliphatic heterocycles. The molecule has 0 aromatic heterocycles. The number of nitrogens with one attached hydrogen (secondary N) is 1. The Morgan fingerprint density at radius 1 is 0.886 bits per heavy atom. The van der Waals surface area contributed by atoms with Crippen LogP contribution < -0.4 is 15.0 Å². The summed E-state index contributed by atoms with van der Waals surface area (Å²) in [6.45, 7) is -3.03. The lowest BCUT2D eigenvalue weighted by molar-refractivity contribution is -0.348. The summed E-state index contributed by atoms with van der Waals surface area (Å²) < 4.78 is 167. The predicted molar refractivity (Wildman–Crippen MR) is 131 cm³/mol. The second-order valence-corrected chi connectivity index (χ2v) is 9.01. The average molecular weight is 667 g/mol. The summed E-state index contributed by atoms with van der Waals surface area (Å²) in [5.74, 6) is -9.01. The molecule has 3 aromatic rings. The lowest BCUT2D eigenvalue weighted by Crippen LogP contribution is -2.50. The molecule has 0 fully saturated rings. The van der Waals surface area contributed by atoms with Crippen molar-refractivity contribution in [2.24, 2.45) is 0 Å². The summed E-state index contributed by atoms with van der Waals surface area (Å²) in [6.07, 6.45) is -13.3. The Labute approximate surface area is 244 Å². The number of halogens is 13. The Morgan fingerprint density at radius 2 is 1.45 bits per heavy atom. The maximum atomic E-state index is 15.5. The van der Waals surface area contributed by atoms with E-state index in [1.54, 1.807) is 5.32 Å². The van der Waals surface area contributed by atoms with Crippen LogP contribution in [0.5, 0.6) is 5.75 Å². The van der Waals surface area contributed by atoms with Gasteiger partial charge in [-0.05, 0) is 43.3 Å². The van der Waals surface area contributed by atoms with E-state index < -0.39 is 98.8 Å². The van der Waals surface area contributed by atoms with E-state index in [1.165, 1.54) is 6.92 Å². The Kier molecular flexibility index (Phi) is 9.72. The topological polar surface area (TPSA) is 58.6 Å². The van der Waals surface area contributed by atoms with Crippen molar-refractivity contribution < 1.29 is 67.0 Å². The quantitative estimate of drug-likeness (QED) is 0.245. The highest BCUT2D eigenvalue weighted by Gasteiger charge is 2.73. The smallest absolute Gasteiger partial charge is 0.433 e. The summed E-state index contributed by atoms with van der Waals surface area (Å²) in [4.78, 5) is 26.4. The molecule has 0 spiro atoms. The molecular weight excluding hydrogens is 652 g/mol. The predicted octanol–water partition coefficient (Wildman–Crippen LogP) is 8.57. The number of carbonyl (C=O) groups excluding carboxylic acids is 2. The van der Waals surface area contributed by atoms with Crippen molar-refractivity contribution in [3.63, 3.8) is 0 Å². The molecule has 0 aliphatic carbocycles. The first-order valence-corrected chi connectivity index (χ1v) is 12.1. The molecule has 0 unspecified atom stereocenters. The maximum absolute atomic E-state index is 15.5. The van der Waals surface area contributed by atoms with Crippen LogP contribution in [-0.2, 0) is 5.67 Å². The van der Waals surface area contributed by atoms with E-state index in [9.17, 15) is 57.9 Å². The molecule has 0 radical (unpaired) electrons. The zero-order chi connectivity index (χ0) is 33.4. The number of alkyl halides is 9. The van der Waals surface area contributed by atoms with Gasteiger partial charge in [-0.2, -0.15) is 35.1 Å². The summed E-state index contributed by atoms with van der Waals surface area (Å²) in [7, 11) is 0. The molecule has 44 heavy (non-hydrogen) atoms. The molecule has 18 heteroatoms. The molecule has 0 saturated heterocycles. The molecule has 238 valence electrons. The van der Waals surface area contributed by atoms with Crippen LogP contribution >= 0.6 is 11.6 Å². The van der Waals surface area contributed by atoms with E-state index in [0.29, 0.717) is 11.0 Å². The summed E-state index contributed by atoms with van der Waals surface area (Å²) in [6, 6.07) is 4.58. The van der Waals surface area contributed by atoms with E-state index in [-0.39, 0.29) is 12.6 Å². The van der Waals surface area contributed by atoms with Crippen LogP contribution in [-0.4, -0.2) is 37.3 Å². The van der Waals surface area contributed by atoms with Gasteiger partial charge in [-0.25, -0.2) is 17.6 Å². The van der Waals surface area contributed by atoms with E-state index in [1.807, 2.05) is 0 Å². The van der Waals surface area contributed by atoms with Gasteiger partial charge in [0.2, 0.25) is 0 Å². The van der Waals surface area contributed by atoms with Gasteiger partial charge in [0.05, 0.1) is 21.8 Å². The van der Waals surface area contributed by atoms with Crippen LogP contribution in [0.1, 0.15) is 33.2 Å². The van der Waals surface area contributed by atoms with E-state index in [2.05, 4.69) is 4.74 Å². The number of hydrogen-bond donors (Lipinski definition) is 1. The zero-order valence-electron chi connectivity index (χ0n) is 21.5. The fourth-order valence-corrected chi connectivity index (χ4v) is 4.16. The fraction of sp³-hybridized carbons (Fsp3) is 0.231. The van der Waals surface area contributed by atoms with E-state index >= 15 is 4.39 Å². The zero-order valence-corrected chi connectivity index (χ0v) is 22.2. The molecule has 0 aliphatic rings. The normalized spacial score (nSPS) is 12.3. The van der Waals surface area contributed by atoms with Gasteiger partial charge >= 0.3 is 24.6 Å². The van der Waals surface area contributed by atoms with E-state index in [4.69, 9.17) is 11.6 Å². The van der Waals surface area contributed by atoms with Crippen LogP contribution in [0.3, 0.4) is 0 Å².